The van der Waals surface area contributed by atoms with Crippen molar-refractivity contribution in [3.63, 3.8) is 0 Å². The third-order valence-corrected chi connectivity index (χ3v) is 5.48. The van der Waals surface area contributed by atoms with Crippen LogP contribution >= 0.6 is 0 Å². The minimum atomic E-state index is -1.04. The fourth-order valence-corrected chi connectivity index (χ4v) is 3.82. The molecule has 4 rings (SSSR count). The van der Waals surface area contributed by atoms with Crippen molar-refractivity contribution in [1.29, 1.82) is 0 Å². The zero-order valence-corrected chi connectivity index (χ0v) is 16.9. The average Bonchev–Trinajstić information content (AvgIpc) is 3.30. The summed E-state index contributed by atoms with van der Waals surface area (Å²) < 4.78 is 16.5. The van der Waals surface area contributed by atoms with E-state index in [2.05, 4.69) is 5.32 Å². The molecule has 2 aliphatic rings. The summed E-state index contributed by atoms with van der Waals surface area (Å²) in [5, 5.41) is 3.03. The number of carbonyl (C=O) groups is 2. The molecule has 30 heavy (non-hydrogen) atoms. The van der Waals surface area contributed by atoms with Gasteiger partial charge in [-0.05, 0) is 37.1 Å². The molecule has 1 N–H and O–H groups in total. The van der Waals surface area contributed by atoms with Crippen molar-refractivity contribution < 1.29 is 23.8 Å². The number of hydrogen-bond donors (Lipinski definition) is 1. The van der Waals surface area contributed by atoms with Gasteiger partial charge in [-0.15, -0.1) is 0 Å². The van der Waals surface area contributed by atoms with Crippen molar-refractivity contribution in [2.24, 2.45) is 0 Å². The van der Waals surface area contributed by atoms with Crippen LogP contribution in [0.25, 0.3) is 6.08 Å². The van der Waals surface area contributed by atoms with Crippen molar-refractivity contribution in [3.8, 4) is 11.5 Å². The van der Waals surface area contributed by atoms with Crippen LogP contribution in [-0.4, -0.2) is 31.6 Å². The molecule has 0 bridgehead atoms. The average molecular weight is 407 g/mol. The van der Waals surface area contributed by atoms with Crippen LogP contribution in [0, 0.1) is 0 Å². The van der Waals surface area contributed by atoms with E-state index in [0.717, 1.165) is 37.0 Å². The van der Waals surface area contributed by atoms with E-state index < -0.39 is 12.1 Å². The van der Waals surface area contributed by atoms with Gasteiger partial charge in [-0.3, -0.25) is 4.79 Å². The Bertz CT molecular complexity index is 944. The molecule has 1 amide bonds. The molecule has 2 aromatic rings. The summed E-state index contributed by atoms with van der Waals surface area (Å²) in [7, 11) is 1.58. The number of nitrogens with one attached hydrogen (secondary N) is 1. The third kappa shape index (κ3) is 4.48. The molecule has 1 aliphatic heterocycles. The zero-order valence-electron chi connectivity index (χ0n) is 16.9. The molecule has 6 heteroatoms. The number of ether oxygens (including phenoxy) is 3. The standard InChI is InChI=1S/C24H25NO5/c1-28-20-12-10-16(11-13-20)22(23(26)25-19-7-3-4-8-19)30-24(27)18-14-17-6-2-5-9-21(17)29-15-18/h2,5-6,9-14,19,22H,3-4,7-8,15H2,1H3,(H,25,26)/t22-/m0/s1. The number of methoxy groups -OCH3 is 1. The predicted molar refractivity (Wildman–Crippen MR) is 112 cm³/mol. The van der Waals surface area contributed by atoms with Crippen molar-refractivity contribution in [3.05, 3.63) is 65.2 Å². The van der Waals surface area contributed by atoms with Crippen LogP contribution in [0.1, 0.15) is 42.9 Å². The highest BCUT2D eigenvalue weighted by Crippen LogP contribution is 2.29. The van der Waals surface area contributed by atoms with Gasteiger partial charge in [-0.1, -0.05) is 43.2 Å². The quantitative estimate of drug-likeness (QED) is 0.737. The van der Waals surface area contributed by atoms with Gasteiger partial charge in [-0.25, -0.2) is 4.79 Å². The van der Waals surface area contributed by atoms with Gasteiger partial charge < -0.3 is 19.5 Å². The molecule has 156 valence electrons. The molecular formula is C24H25NO5. The second-order valence-corrected chi connectivity index (χ2v) is 7.54. The van der Waals surface area contributed by atoms with Crippen LogP contribution in [0.3, 0.4) is 0 Å². The Morgan fingerprint density at radius 1 is 1.07 bits per heavy atom. The Balaban J connectivity index is 1.54. The van der Waals surface area contributed by atoms with Crippen molar-refractivity contribution in [2.75, 3.05) is 13.7 Å². The van der Waals surface area contributed by atoms with E-state index in [1.165, 1.54) is 0 Å². The molecule has 2 aromatic carbocycles. The molecule has 0 unspecified atom stereocenters. The first-order valence-corrected chi connectivity index (χ1v) is 10.2. The number of rotatable bonds is 6. The Morgan fingerprint density at radius 2 is 1.80 bits per heavy atom. The normalized spacial score (nSPS) is 16.6. The lowest BCUT2D eigenvalue weighted by atomic mass is 10.1. The van der Waals surface area contributed by atoms with E-state index in [4.69, 9.17) is 14.2 Å². The molecule has 1 saturated carbocycles. The summed E-state index contributed by atoms with van der Waals surface area (Å²) in [5.74, 6) is 0.518. The first kappa shape index (κ1) is 20.0. The second kappa shape index (κ2) is 9.03. The van der Waals surface area contributed by atoms with E-state index in [0.29, 0.717) is 16.9 Å². The maximum Gasteiger partial charge on any atom is 0.338 e. The summed E-state index contributed by atoms with van der Waals surface area (Å²) >= 11 is 0. The Hall–Kier alpha value is -3.28. The summed E-state index contributed by atoms with van der Waals surface area (Å²) in [4.78, 5) is 25.9. The van der Waals surface area contributed by atoms with Crippen LogP contribution in [0.15, 0.2) is 54.1 Å². The molecule has 1 heterocycles. The van der Waals surface area contributed by atoms with Crippen LogP contribution in [0.4, 0.5) is 0 Å². The number of amides is 1. The van der Waals surface area contributed by atoms with Crippen LogP contribution in [-0.2, 0) is 14.3 Å². The van der Waals surface area contributed by atoms with Gasteiger partial charge >= 0.3 is 5.97 Å². The fraction of sp³-hybridized carbons (Fsp3) is 0.333. The molecule has 0 aromatic heterocycles. The van der Waals surface area contributed by atoms with E-state index in [1.807, 2.05) is 24.3 Å². The molecule has 6 nitrogen and oxygen atoms in total. The topological polar surface area (TPSA) is 73.9 Å². The minimum absolute atomic E-state index is 0.107. The highest BCUT2D eigenvalue weighted by Gasteiger charge is 2.30. The number of para-hydroxylation sites is 1. The first-order chi connectivity index (χ1) is 14.6. The molecule has 1 fully saturated rings. The maximum absolute atomic E-state index is 13.0. The largest absolute Gasteiger partial charge is 0.497 e. The zero-order chi connectivity index (χ0) is 20.9. The van der Waals surface area contributed by atoms with Crippen LogP contribution in [0.2, 0.25) is 0 Å². The molecule has 1 aliphatic carbocycles. The lowest BCUT2D eigenvalue weighted by Crippen LogP contribution is -2.38. The Kier molecular flexibility index (Phi) is 6.02. The Labute approximate surface area is 175 Å². The lowest BCUT2D eigenvalue weighted by molar-refractivity contribution is -0.153. The van der Waals surface area contributed by atoms with Crippen molar-refractivity contribution in [1.82, 2.24) is 5.32 Å². The summed E-state index contributed by atoms with van der Waals surface area (Å²) in [6.07, 6.45) is 4.81. The van der Waals surface area contributed by atoms with Crippen molar-refractivity contribution >= 4 is 18.0 Å². The highest BCUT2D eigenvalue weighted by atomic mass is 16.6. The number of fused-ring (bicyclic) bond motifs is 1. The van der Waals surface area contributed by atoms with Crippen LogP contribution in [0.5, 0.6) is 11.5 Å². The van der Waals surface area contributed by atoms with Gasteiger partial charge in [0.2, 0.25) is 6.10 Å². The molecular weight excluding hydrogens is 382 g/mol. The monoisotopic (exact) mass is 407 g/mol. The van der Waals surface area contributed by atoms with E-state index in [-0.39, 0.29) is 18.6 Å². The molecule has 1 atom stereocenters. The fourth-order valence-electron chi connectivity index (χ4n) is 3.82. The maximum atomic E-state index is 13.0. The van der Waals surface area contributed by atoms with E-state index >= 15 is 0 Å². The number of carbonyl (C=O) groups excluding carboxylic acids is 2. The number of hydrogen-bond acceptors (Lipinski definition) is 5. The first-order valence-electron chi connectivity index (χ1n) is 10.2. The SMILES string of the molecule is COc1ccc([C@H](OC(=O)C2=Cc3ccccc3OC2)C(=O)NC2CCCC2)cc1. The third-order valence-electron chi connectivity index (χ3n) is 5.48. The molecule has 0 spiro atoms. The van der Waals surface area contributed by atoms with Crippen molar-refractivity contribution in [2.45, 2.75) is 37.8 Å². The summed E-state index contributed by atoms with van der Waals surface area (Å²) in [6, 6.07) is 14.6. The number of benzene rings is 2. The van der Waals surface area contributed by atoms with E-state index in [9.17, 15) is 9.59 Å². The minimum Gasteiger partial charge on any atom is -0.497 e. The van der Waals surface area contributed by atoms with Crippen LogP contribution < -0.4 is 14.8 Å². The lowest BCUT2D eigenvalue weighted by Gasteiger charge is -2.22. The Morgan fingerprint density at radius 3 is 2.53 bits per heavy atom. The van der Waals surface area contributed by atoms with Gasteiger partial charge in [0.25, 0.3) is 5.91 Å². The van der Waals surface area contributed by atoms with Gasteiger partial charge in [0.15, 0.2) is 0 Å². The van der Waals surface area contributed by atoms with Gasteiger partial charge in [-0.2, -0.15) is 0 Å². The highest BCUT2D eigenvalue weighted by molar-refractivity contribution is 5.97. The summed E-state index contributed by atoms with van der Waals surface area (Å²) in [5.41, 5.74) is 1.78. The smallest absolute Gasteiger partial charge is 0.338 e. The molecule has 0 radical (unpaired) electrons. The van der Waals surface area contributed by atoms with E-state index in [1.54, 1.807) is 37.5 Å². The van der Waals surface area contributed by atoms with Gasteiger partial charge in [0, 0.05) is 17.2 Å². The van der Waals surface area contributed by atoms with Gasteiger partial charge in [0.05, 0.1) is 12.7 Å². The second-order valence-electron chi connectivity index (χ2n) is 7.54. The molecule has 0 saturated heterocycles. The number of esters is 1. The predicted octanol–water partition coefficient (Wildman–Crippen LogP) is 3.81. The van der Waals surface area contributed by atoms with Gasteiger partial charge in [0.1, 0.15) is 18.1 Å². The summed E-state index contributed by atoms with van der Waals surface area (Å²) in [6.45, 7) is 0.107.